The first-order valence-corrected chi connectivity index (χ1v) is 6.40. The van der Waals surface area contributed by atoms with Gasteiger partial charge in [-0.05, 0) is 26.8 Å². The number of hydrogen-bond donors (Lipinski definition) is 2. The molecule has 19 heavy (non-hydrogen) atoms. The van der Waals surface area contributed by atoms with Gasteiger partial charge in [-0.2, -0.15) is 0 Å². The van der Waals surface area contributed by atoms with E-state index in [1.54, 1.807) is 4.90 Å². The van der Waals surface area contributed by atoms with Crippen molar-refractivity contribution in [3.8, 4) is 0 Å². The summed E-state index contributed by atoms with van der Waals surface area (Å²) >= 11 is 0. The zero-order valence-corrected chi connectivity index (χ0v) is 11.6. The molecule has 0 aliphatic heterocycles. The molecule has 0 unspecified atom stereocenters. The van der Waals surface area contributed by atoms with E-state index in [0.29, 0.717) is 32.5 Å². The van der Waals surface area contributed by atoms with Gasteiger partial charge in [0.15, 0.2) is 0 Å². The summed E-state index contributed by atoms with van der Waals surface area (Å²) < 4.78 is 0. The predicted octanol–water partition coefficient (Wildman–Crippen LogP) is -0.493. The number of nitrogens with two attached hydrogens (primary N) is 1. The number of carbonyl (C=O) groups excluding carboxylic acids is 2. The standard InChI is InChI=1S/C12H23N3O4/c1-3-15(4-2)11(17)6-5-7-14(8-10(13)16)9-12(18)19/h3-9H2,1-2H3,(H2,13,16)(H,18,19). The number of aliphatic carboxylic acids is 1. The van der Waals surface area contributed by atoms with E-state index in [2.05, 4.69) is 0 Å². The number of carboxylic acid groups (broad SMARTS) is 1. The first kappa shape index (κ1) is 17.4. The molecule has 0 spiro atoms. The molecule has 0 rings (SSSR count). The first-order chi connectivity index (χ1) is 8.90. The summed E-state index contributed by atoms with van der Waals surface area (Å²) in [5.41, 5.74) is 5.04. The molecule has 0 radical (unpaired) electrons. The van der Waals surface area contributed by atoms with Gasteiger partial charge in [-0.3, -0.25) is 19.3 Å². The molecule has 0 heterocycles. The normalized spacial score (nSPS) is 10.5. The van der Waals surface area contributed by atoms with Gasteiger partial charge in [0.1, 0.15) is 0 Å². The van der Waals surface area contributed by atoms with E-state index < -0.39 is 11.9 Å². The second kappa shape index (κ2) is 9.32. The van der Waals surface area contributed by atoms with E-state index in [0.717, 1.165) is 0 Å². The molecule has 0 saturated heterocycles. The van der Waals surface area contributed by atoms with Crippen LogP contribution in [0.2, 0.25) is 0 Å². The zero-order chi connectivity index (χ0) is 14.8. The highest BCUT2D eigenvalue weighted by atomic mass is 16.4. The van der Waals surface area contributed by atoms with Crippen LogP contribution in [-0.4, -0.2) is 65.4 Å². The van der Waals surface area contributed by atoms with E-state index in [-0.39, 0.29) is 19.0 Å². The molecule has 0 aromatic carbocycles. The molecule has 7 heteroatoms. The van der Waals surface area contributed by atoms with E-state index in [9.17, 15) is 14.4 Å². The van der Waals surface area contributed by atoms with Crippen molar-refractivity contribution in [3.05, 3.63) is 0 Å². The minimum Gasteiger partial charge on any atom is -0.480 e. The summed E-state index contributed by atoms with van der Waals surface area (Å²) in [5.74, 6) is -1.55. The van der Waals surface area contributed by atoms with Crippen LogP contribution in [0.4, 0.5) is 0 Å². The lowest BCUT2D eigenvalue weighted by atomic mass is 10.2. The monoisotopic (exact) mass is 273 g/mol. The lowest BCUT2D eigenvalue weighted by molar-refractivity contribution is -0.138. The molecule has 0 aromatic heterocycles. The maximum atomic E-state index is 11.7. The highest BCUT2D eigenvalue weighted by molar-refractivity contribution is 5.77. The average molecular weight is 273 g/mol. The molecule has 3 N–H and O–H groups in total. The summed E-state index contributed by atoms with van der Waals surface area (Å²) in [6, 6.07) is 0. The number of nitrogens with zero attached hydrogens (tertiary/aromatic N) is 2. The van der Waals surface area contributed by atoms with Crippen LogP contribution in [0.3, 0.4) is 0 Å². The lowest BCUT2D eigenvalue weighted by Crippen LogP contribution is -2.38. The Labute approximate surface area is 113 Å². The molecule has 2 amide bonds. The smallest absolute Gasteiger partial charge is 0.317 e. The van der Waals surface area contributed by atoms with Gasteiger partial charge >= 0.3 is 5.97 Å². The zero-order valence-electron chi connectivity index (χ0n) is 11.6. The van der Waals surface area contributed by atoms with E-state index in [4.69, 9.17) is 10.8 Å². The van der Waals surface area contributed by atoms with Gasteiger partial charge in [-0.1, -0.05) is 0 Å². The number of hydrogen-bond acceptors (Lipinski definition) is 4. The maximum absolute atomic E-state index is 11.7. The van der Waals surface area contributed by atoms with Crippen LogP contribution in [-0.2, 0) is 14.4 Å². The van der Waals surface area contributed by atoms with Gasteiger partial charge in [0, 0.05) is 19.5 Å². The Morgan fingerprint density at radius 2 is 1.68 bits per heavy atom. The molecule has 0 aliphatic carbocycles. The Morgan fingerprint density at radius 3 is 2.11 bits per heavy atom. The van der Waals surface area contributed by atoms with Crippen molar-refractivity contribution >= 4 is 17.8 Å². The van der Waals surface area contributed by atoms with Crippen molar-refractivity contribution < 1.29 is 19.5 Å². The molecular formula is C12H23N3O4. The fourth-order valence-electron chi connectivity index (χ4n) is 1.81. The molecule has 0 saturated carbocycles. The highest BCUT2D eigenvalue weighted by Crippen LogP contribution is 2.00. The summed E-state index contributed by atoms with van der Waals surface area (Å²) in [6.45, 7) is 5.15. The molecule has 7 nitrogen and oxygen atoms in total. The van der Waals surface area contributed by atoms with E-state index >= 15 is 0 Å². The van der Waals surface area contributed by atoms with Crippen molar-refractivity contribution in [2.45, 2.75) is 26.7 Å². The van der Waals surface area contributed by atoms with Gasteiger partial charge in [0.05, 0.1) is 13.1 Å². The Bertz CT molecular complexity index is 300. The van der Waals surface area contributed by atoms with Crippen LogP contribution in [0.25, 0.3) is 0 Å². The summed E-state index contributed by atoms with van der Waals surface area (Å²) in [5, 5.41) is 8.70. The van der Waals surface area contributed by atoms with Gasteiger partial charge < -0.3 is 15.7 Å². The Kier molecular flexibility index (Phi) is 8.52. The molecule has 0 fully saturated rings. The third-order valence-electron chi connectivity index (χ3n) is 2.72. The second-order valence-electron chi connectivity index (χ2n) is 4.24. The largest absolute Gasteiger partial charge is 0.480 e. The van der Waals surface area contributed by atoms with Gasteiger partial charge in [0.2, 0.25) is 11.8 Å². The molecule has 0 aliphatic rings. The summed E-state index contributed by atoms with van der Waals surface area (Å²) in [7, 11) is 0. The number of rotatable bonds is 10. The van der Waals surface area contributed by atoms with Crippen LogP contribution >= 0.6 is 0 Å². The minimum atomic E-state index is -1.02. The fourth-order valence-corrected chi connectivity index (χ4v) is 1.81. The van der Waals surface area contributed by atoms with Crippen LogP contribution < -0.4 is 5.73 Å². The highest BCUT2D eigenvalue weighted by Gasteiger charge is 2.14. The summed E-state index contributed by atoms with van der Waals surface area (Å²) in [6.07, 6.45) is 0.854. The quantitative estimate of drug-likeness (QED) is 0.559. The third kappa shape index (κ3) is 8.15. The number of carbonyl (C=O) groups is 3. The van der Waals surface area contributed by atoms with Crippen molar-refractivity contribution in [2.24, 2.45) is 5.73 Å². The first-order valence-electron chi connectivity index (χ1n) is 6.40. The Morgan fingerprint density at radius 1 is 1.11 bits per heavy atom. The molecule has 0 atom stereocenters. The third-order valence-corrected chi connectivity index (χ3v) is 2.72. The Hall–Kier alpha value is -1.63. The Balaban J connectivity index is 4.13. The van der Waals surface area contributed by atoms with Crippen LogP contribution in [0.5, 0.6) is 0 Å². The van der Waals surface area contributed by atoms with Crippen LogP contribution in [0.15, 0.2) is 0 Å². The van der Waals surface area contributed by atoms with Gasteiger partial charge in [-0.25, -0.2) is 0 Å². The van der Waals surface area contributed by atoms with Crippen LogP contribution in [0.1, 0.15) is 26.7 Å². The second-order valence-corrected chi connectivity index (χ2v) is 4.24. The van der Waals surface area contributed by atoms with Crippen molar-refractivity contribution in [3.63, 3.8) is 0 Å². The topological polar surface area (TPSA) is 104 Å². The van der Waals surface area contributed by atoms with Crippen molar-refractivity contribution in [1.29, 1.82) is 0 Å². The lowest BCUT2D eigenvalue weighted by Gasteiger charge is -2.21. The molecular weight excluding hydrogens is 250 g/mol. The molecule has 0 bridgehead atoms. The summed E-state index contributed by atoms with van der Waals surface area (Å²) in [4.78, 5) is 36.3. The van der Waals surface area contributed by atoms with Gasteiger partial charge in [-0.15, -0.1) is 0 Å². The molecule has 0 aromatic rings. The van der Waals surface area contributed by atoms with E-state index in [1.807, 2.05) is 13.8 Å². The van der Waals surface area contributed by atoms with Crippen LogP contribution in [0, 0.1) is 0 Å². The fraction of sp³-hybridized carbons (Fsp3) is 0.750. The van der Waals surface area contributed by atoms with Gasteiger partial charge in [0.25, 0.3) is 0 Å². The minimum absolute atomic E-state index is 0.0411. The number of amides is 2. The SMILES string of the molecule is CCN(CC)C(=O)CCCN(CC(N)=O)CC(=O)O. The predicted molar refractivity (Wildman–Crippen MR) is 70.4 cm³/mol. The number of primary amides is 1. The maximum Gasteiger partial charge on any atom is 0.317 e. The van der Waals surface area contributed by atoms with E-state index in [1.165, 1.54) is 4.90 Å². The number of carboxylic acids is 1. The van der Waals surface area contributed by atoms with Crippen molar-refractivity contribution in [1.82, 2.24) is 9.80 Å². The molecule has 110 valence electrons. The average Bonchev–Trinajstić information content (AvgIpc) is 2.28. The van der Waals surface area contributed by atoms with Crippen molar-refractivity contribution in [2.75, 3.05) is 32.7 Å².